The molecule has 0 fully saturated rings. The molecule has 3 aromatic rings. The molecule has 0 aromatic heterocycles. The molecule has 9 heteroatoms. The van der Waals surface area contributed by atoms with Crippen LogP contribution in [0.25, 0.3) is 23.3 Å². The molecule has 0 heterocycles. The molecule has 222 valence electrons. The van der Waals surface area contributed by atoms with Gasteiger partial charge in [-0.05, 0) is 60.0 Å². The molecule has 0 N–H and O–H groups in total. The minimum absolute atomic E-state index is 0.0589. The van der Waals surface area contributed by atoms with E-state index in [1.807, 2.05) is 6.92 Å². The fourth-order valence-corrected chi connectivity index (χ4v) is 3.15. The van der Waals surface area contributed by atoms with E-state index in [0.717, 1.165) is 12.2 Å². The van der Waals surface area contributed by atoms with Crippen LogP contribution in [0.1, 0.15) is 18.1 Å². The molecular formula is C34H31FO8. The predicted molar refractivity (Wildman–Crippen MR) is 164 cm³/mol. The molecule has 0 aliphatic heterocycles. The average molecular weight is 587 g/mol. The number of rotatable bonds is 11. The summed E-state index contributed by atoms with van der Waals surface area (Å²) in [6.07, 6.45) is 8.98. The fourth-order valence-electron chi connectivity index (χ4n) is 3.15. The van der Waals surface area contributed by atoms with Crippen LogP contribution in [0.15, 0.2) is 105 Å². The molecule has 0 aliphatic carbocycles. The summed E-state index contributed by atoms with van der Waals surface area (Å²) in [5.41, 5.74) is 1.72. The Morgan fingerprint density at radius 1 is 0.744 bits per heavy atom. The molecule has 0 saturated heterocycles. The number of benzene rings is 3. The molecule has 0 bridgehead atoms. The van der Waals surface area contributed by atoms with Crippen molar-refractivity contribution in [3.8, 4) is 34.1 Å². The highest BCUT2D eigenvalue weighted by Gasteiger charge is 2.12. The number of halogens is 1. The molecule has 0 radical (unpaired) electrons. The van der Waals surface area contributed by atoms with Crippen molar-refractivity contribution >= 4 is 36.8 Å². The predicted octanol–water partition coefficient (Wildman–Crippen LogP) is 6.95. The summed E-state index contributed by atoms with van der Waals surface area (Å²) in [5, 5.41) is 0. The molecule has 0 unspecified atom stereocenters. The van der Waals surface area contributed by atoms with Crippen LogP contribution in [0.5, 0.6) is 23.0 Å². The van der Waals surface area contributed by atoms with Crippen molar-refractivity contribution < 1.29 is 42.5 Å². The van der Waals surface area contributed by atoms with E-state index in [0.29, 0.717) is 28.7 Å². The van der Waals surface area contributed by atoms with Crippen molar-refractivity contribution in [3.05, 3.63) is 122 Å². The van der Waals surface area contributed by atoms with Gasteiger partial charge in [0.1, 0.15) is 35.1 Å². The number of hydrogen-bond donors (Lipinski definition) is 0. The van der Waals surface area contributed by atoms with Crippen molar-refractivity contribution in [1.82, 2.24) is 0 Å². The third-order valence-electron chi connectivity index (χ3n) is 4.84. The summed E-state index contributed by atoms with van der Waals surface area (Å²) in [6.45, 7) is 15.3. The molecule has 0 amide bonds. The minimum Gasteiger partial charge on any atom is -0.497 e. The van der Waals surface area contributed by atoms with Gasteiger partial charge >= 0.3 is 11.9 Å². The monoisotopic (exact) mass is 586 g/mol. The Kier molecular flexibility index (Phi) is 15.8. The second-order valence-corrected chi connectivity index (χ2v) is 7.95. The van der Waals surface area contributed by atoms with Crippen molar-refractivity contribution in [2.45, 2.75) is 6.92 Å². The Morgan fingerprint density at radius 3 is 1.77 bits per heavy atom. The van der Waals surface area contributed by atoms with Gasteiger partial charge in [-0.15, -0.1) is 6.58 Å². The Hall–Kier alpha value is -5.83. The van der Waals surface area contributed by atoms with Gasteiger partial charge in [0.15, 0.2) is 0 Å². The van der Waals surface area contributed by atoms with Gasteiger partial charge in [-0.1, -0.05) is 50.1 Å². The first-order chi connectivity index (χ1) is 20.7. The van der Waals surface area contributed by atoms with E-state index in [9.17, 15) is 14.4 Å². The number of esters is 2. The molecular weight excluding hydrogens is 555 g/mol. The van der Waals surface area contributed by atoms with Crippen molar-refractivity contribution in [1.29, 1.82) is 0 Å². The molecule has 8 nitrogen and oxygen atoms in total. The number of carbonyl (C=O) groups is 4. The number of ether oxygens (including phenoxy) is 4. The first kappa shape index (κ1) is 35.2. The Bertz CT molecular complexity index is 1500. The highest BCUT2D eigenvalue weighted by Crippen LogP contribution is 2.32. The summed E-state index contributed by atoms with van der Waals surface area (Å²) in [5.74, 6) is -1.02. The molecule has 0 aliphatic rings. The minimum atomic E-state index is -0.717. The summed E-state index contributed by atoms with van der Waals surface area (Å²) in [7, 11) is 1.48. The van der Waals surface area contributed by atoms with E-state index < -0.39 is 17.8 Å². The van der Waals surface area contributed by atoms with Gasteiger partial charge in [0.2, 0.25) is 0 Å². The van der Waals surface area contributed by atoms with Gasteiger partial charge in [-0.25, -0.2) is 14.0 Å². The largest absolute Gasteiger partial charge is 0.497 e. The van der Waals surface area contributed by atoms with Gasteiger partial charge in [-0.2, -0.15) is 0 Å². The number of methoxy groups -OCH3 is 1. The lowest BCUT2D eigenvalue weighted by Crippen LogP contribution is -2.03. The van der Waals surface area contributed by atoms with Crippen molar-refractivity contribution in [2.24, 2.45) is 0 Å². The lowest BCUT2D eigenvalue weighted by atomic mass is 10.0. The third-order valence-corrected chi connectivity index (χ3v) is 4.84. The summed E-state index contributed by atoms with van der Waals surface area (Å²) < 4.78 is 35.4. The van der Waals surface area contributed by atoms with Crippen LogP contribution in [0.2, 0.25) is 0 Å². The number of hydrogen-bond acceptors (Lipinski definition) is 8. The zero-order valence-electron chi connectivity index (χ0n) is 23.8. The van der Waals surface area contributed by atoms with Gasteiger partial charge in [0.25, 0.3) is 6.47 Å². The van der Waals surface area contributed by atoms with E-state index in [1.165, 1.54) is 43.5 Å². The van der Waals surface area contributed by atoms with E-state index in [4.69, 9.17) is 23.7 Å². The van der Waals surface area contributed by atoms with Gasteiger partial charge < -0.3 is 18.9 Å². The molecule has 43 heavy (non-hydrogen) atoms. The maximum absolute atomic E-state index is 15.0. The Labute approximate surface area is 249 Å². The Morgan fingerprint density at radius 2 is 1.26 bits per heavy atom. The quantitative estimate of drug-likeness (QED) is 0.0593. The smallest absolute Gasteiger partial charge is 0.335 e. The zero-order chi connectivity index (χ0) is 32.2. The van der Waals surface area contributed by atoms with Gasteiger partial charge in [-0.3, -0.25) is 9.59 Å². The van der Waals surface area contributed by atoms with Crippen molar-refractivity contribution in [2.75, 3.05) is 7.11 Å². The molecule has 0 saturated carbocycles. The molecule has 0 atom stereocenters. The first-order valence-electron chi connectivity index (χ1n) is 12.4. The maximum atomic E-state index is 15.0. The van der Waals surface area contributed by atoms with Crippen molar-refractivity contribution in [3.63, 3.8) is 0 Å². The molecule has 0 spiro atoms. The Balaban J connectivity index is 0.00000119. The zero-order valence-corrected chi connectivity index (χ0v) is 23.8. The first-order valence-corrected chi connectivity index (χ1v) is 12.4. The second kappa shape index (κ2) is 19.3. The topological polar surface area (TPSA) is 105 Å². The van der Waals surface area contributed by atoms with E-state index in [-0.39, 0.29) is 29.3 Å². The third kappa shape index (κ3) is 12.5. The number of allylic oxidation sites excluding steroid dienone is 2. The van der Waals surface area contributed by atoms with E-state index >= 15 is 4.39 Å². The lowest BCUT2D eigenvalue weighted by molar-refractivity contribution is -0.129. The summed E-state index contributed by atoms with van der Waals surface area (Å²) in [6, 6.07) is 13.6. The fraction of sp³-hybridized carbons (Fsp3) is 0.0588. The van der Waals surface area contributed by atoms with Crippen LogP contribution in [0.3, 0.4) is 0 Å². The highest BCUT2D eigenvalue weighted by atomic mass is 19.1. The maximum Gasteiger partial charge on any atom is 0.335 e. The highest BCUT2D eigenvalue weighted by molar-refractivity contribution is 5.84. The van der Waals surface area contributed by atoms with Crippen LogP contribution < -0.4 is 18.9 Å². The average Bonchev–Trinajstić information content (AvgIpc) is 3.00. The summed E-state index contributed by atoms with van der Waals surface area (Å²) in [4.78, 5) is 42.9. The molecule has 3 rings (SSSR count). The summed E-state index contributed by atoms with van der Waals surface area (Å²) >= 11 is 0. The number of aldehydes is 1. The van der Waals surface area contributed by atoms with Crippen LogP contribution in [-0.4, -0.2) is 31.8 Å². The second-order valence-electron chi connectivity index (χ2n) is 7.95. The van der Waals surface area contributed by atoms with E-state index in [2.05, 4.69) is 26.3 Å². The lowest BCUT2D eigenvalue weighted by Gasteiger charge is -2.10. The van der Waals surface area contributed by atoms with Crippen LogP contribution in [0.4, 0.5) is 4.39 Å². The molecule has 3 aromatic carbocycles. The van der Waals surface area contributed by atoms with Gasteiger partial charge in [0.05, 0.1) is 7.11 Å². The SMILES string of the molecule is C=CC.C=CC(=O)Oc1cc(/C=C/c2ccc(-c3cc(OC=O)cc(OC(=O)C=C)c3)c(F)c2)cc(OC)c1.C=CC=O. The van der Waals surface area contributed by atoms with Crippen LogP contribution in [-0.2, 0) is 19.2 Å². The van der Waals surface area contributed by atoms with E-state index in [1.54, 1.807) is 42.5 Å². The van der Waals surface area contributed by atoms with Gasteiger partial charge in [0, 0.05) is 29.8 Å². The standard InChI is InChI=1S/C28H21FO7.C3H4O.C3H6/c1-4-27(31)35-23-11-19(10-21(15-23)33-3)7-6-18-8-9-25(26(29)12-18)20-13-22(34-17-30)16-24(14-20)36-28(32)5-2;1-2-3-4;1-3-2/h4-17H,1-2H2,3H3;2-3H,1H2;3H,1H2,2H3/b7-6+;;. The number of carbonyl (C=O) groups excluding carboxylic acids is 4. The van der Waals surface area contributed by atoms with Crippen LogP contribution in [0, 0.1) is 5.82 Å². The van der Waals surface area contributed by atoms with Crippen LogP contribution >= 0.6 is 0 Å². The normalized spacial score (nSPS) is 9.47.